The summed E-state index contributed by atoms with van der Waals surface area (Å²) in [7, 11) is -6.78. The molecule has 0 amide bonds. The van der Waals surface area contributed by atoms with Gasteiger partial charge < -0.3 is 18.1 Å². The fraction of sp³-hybridized carbons (Fsp3) is 1.00. The Morgan fingerprint density at radius 1 is 0.647 bits per heavy atom. The second kappa shape index (κ2) is 16.9. The molecular weight excluding hydrogens is 470 g/mol. The maximum Gasteiger partial charge on any atom is 0.334 e. The second-order valence-electron chi connectivity index (χ2n) is 10.3. The highest BCUT2D eigenvalue weighted by atomic mass is 31.2. The van der Waals surface area contributed by atoms with Gasteiger partial charge in [0.15, 0.2) is 0 Å². The van der Waals surface area contributed by atoms with Gasteiger partial charge in [0.2, 0.25) is 0 Å². The number of rotatable bonds is 19. The molecule has 0 aromatic heterocycles. The monoisotopic (exact) mass is 524 g/mol. The molecule has 1 aliphatic rings. The van der Waals surface area contributed by atoms with Crippen LogP contribution in [0.4, 0.5) is 0 Å². The van der Waals surface area contributed by atoms with Crippen LogP contribution in [0.3, 0.4) is 0 Å². The first-order valence-corrected chi connectivity index (χ1v) is 17.2. The zero-order chi connectivity index (χ0) is 25.6. The molecule has 204 valence electrons. The fourth-order valence-corrected chi connectivity index (χ4v) is 9.79. The molecule has 2 atom stereocenters. The smallest absolute Gasteiger partial charge is 0.308 e. The van der Waals surface area contributed by atoms with E-state index in [4.69, 9.17) is 18.1 Å². The van der Waals surface area contributed by atoms with Crippen molar-refractivity contribution in [2.24, 2.45) is 17.8 Å². The van der Waals surface area contributed by atoms with Crippen LogP contribution in [-0.2, 0) is 27.2 Å². The van der Waals surface area contributed by atoms with Gasteiger partial charge in [0.05, 0.1) is 37.7 Å². The van der Waals surface area contributed by atoms with E-state index in [2.05, 4.69) is 48.5 Å². The Morgan fingerprint density at radius 2 is 0.941 bits per heavy atom. The maximum absolute atomic E-state index is 14.3. The number of hydrogen-bond donors (Lipinski definition) is 0. The van der Waals surface area contributed by atoms with Gasteiger partial charge in [-0.05, 0) is 56.3 Å². The van der Waals surface area contributed by atoms with Gasteiger partial charge in [0, 0.05) is 0 Å². The van der Waals surface area contributed by atoms with E-state index in [0.717, 1.165) is 64.2 Å². The summed E-state index contributed by atoms with van der Waals surface area (Å²) in [5, 5.41) is 0. The van der Waals surface area contributed by atoms with E-state index in [1.165, 1.54) is 0 Å². The lowest BCUT2D eigenvalue weighted by Crippen LogP contribution is -2.41. The molecule has 0 aromatic rings. The standard InChI is InChI=1S/C26H54O6P2/c1-8-12-16-29-33(27,30-17-13-9-2)25-20-24(22(5)6)21-26(23(25)7)34(28,31-18-14-10-3)32-19-15-11-4/h22-26H,8-21H2,1-7H3. The lowest BCUT2D eigenvalue weighted by molar-refractivity contribution is 0.139. The number of unbranched alkanes of at least 4 members (excludes halogenated alkanes) is 4. The molecule has 0 N–H and O–H groups in total. The van der Waals surface area contributed by atoms with Crippen molar-refractivity contribution in [2.45, 2.75) is 124 Å². The van der Waals surface area contributed by atoms with Crippen LogP contribution in [0.25, 0.3) is 0 Å². The third-order valence-electron chi connectivity index (χ3n) is 7.13. The first-order valence-electron chi connectivity index (χ1n) is 14.0. The first kappa shape index (κ1) is 32.3. The summed E-state index contributed by atoms with van der Waals surface area (Å²) in [5.74, 6) is 0.497. The minimum Gasteiger partial charge on any atom is -0.308 e. The van der Waals surface area contributed by atoms with Gasteiger partial charge in [-0.15, -0.1) is 0 Å². The number of hydrogen-bond acceptors (Lipinski definition) is 6. The van der Waals surface area contributed by atoms with E-state index in [1.807, 2.05) is 0 Å². The zero-order valence-corrected chi connectivity index (χ0v) is 24.9. The van der Waals surface area contributed by atoms with Crippen molar-refractivity contribution in [3.05, 3.63) is 0 Å². The van der Waals surface area contributed by atoms with Crippen molar-refractivity contribution in [1.29, 1.82) is 0 Å². The predicted molar refractivity (Wildman–Crippen MR) is 143 cm³/mol. The molecule has 0 bridgehead atoms. The summed E-state index contributed by atoms with van der Waals surface area (Å²) in [4.78, 5) is 0. The molecule has 0 heterocycles. The second-order valence-corrected chi connectivity index (χ2v) is 14.8. The van der Waals surface area contributed by atoms with E-state index in [1.54, 1.807) is 0 Å². The van der Waals surface area contributed by atoms with Crippen LogP contribution in [0, 0.1) is 17.8 Å². The molecule has 1 rings (SSSR count). The molecule has 0 aromatic carbocycles. The molecule has 0 spiro atoms. The summed E-state index contributed by atoms with van der Waals surface area (Å²) in [5.41, 5.74) is -0.601. The highest BCUT2D eigenvalue weighted by molar-refractivity contribution is 7.56. The van der Waals surface area contributed by atoms with Crippen molar-refractivity contribution < 1.29 is 27.2 Å². The van der Waals surface area contributed by atoms with Gasteiger partial charge >= 0.3 is 15.2 Å². The Hall–Kier alpha value is 0.300. The van der Waals surface area contributed by atoms with E-state index in [0.29, 0.717) is 32.3 Å². The van der Waals surface area contributed by atoms with Gasteiger partial charge in [-0.25, -0.2) is 0 Å². The van der Waals surface area contributed by atoms with Crippen LogP contribution in [0.15, 0.2) is 0 Å². The Balaban J connectivity index is 3.30. The maximum atomic E-state index is 14.3. The summed E-state index contributed by atoms with van der Waals surface area (Å²) in [6, 6.07) is 0. The van der Waals surface area contributed by atoms with Gasteiger partial charge in [-0.2, -0.15) is 0 Å². The molecule has 0 aliphatic heterocycles. The highest BCUT2D eigenvalue weighted by Crippen LogP contribution is 2.67. The van der Waals surface area contributed by atoms with Gasteiger partial charge in [-0.3, -0.25) is 9.13 Å². The van der Waals surface area contributed by atoms with Crippen LogP contribution in [-0.4, -0.2) is 37.7 Å². The minimum atomic E-state index is -3.39. The van der Waals surface area contributed by atoms with E-state index >= 15 is 0 Å². The molecule has 1 saturated carbocycles. The van der Waals surface area contributed by atoms with E-state index < -0.39 is 15.2 Å². The fourth-order valence-electron chi connectivity index (χ4n) is 4.58. The Kier molecular flexibility index (Phi) is 16.1. The summed E-state index contributed by atoms with van der Waals surface area (Å²) >= 11 is 0. The van der Waals surface area contributed by atoms with Crippen LogP contribution in [0.5, 0.6) is 0 Å². The molecule has 0 saturated heterocycles. The molecule has 34 heavy (non-hydrogen) atoms. The average Bonchev–Trinajstić information content (AvgIpc) is 2.79. The predicted octanol–water partition coefficient (Wildman–Crippen LogP) is 9.08. The first-order chi connectivity index (χ1) is 16.2. The Bertz CT molecular complexity index is 550. The zero-order valence-electron chi connectivity index (χ0n) is 23.1. The van der Waals surface area contributed by atoms with Gasteiger partial charge in [0.25, 0.3) is 0 Å². The Morgan fingerprint density at radius 3 is 1.18 bits per heavy atom. The third-order valence-corrected chi connectivity index (χ3v) is 12.3. The lowest BCUT2D eigenvalue weighted by Gasteiger charge is -2.45. The molecule has 1 fully saturated rings. The van der Waals surface area contributed by atoms with Gasteiger partial charge in [-0.1, -0.05) is 74.1 Å². The van der Waals surface area contributed by atoms with Crippen LogP contribution in [0.1, 0.15) is 113 Å². The Labute approximate surface area is 210 Å². The molecule has 6 nitrogen and oxygen atoms in total. The topological polar surface area (TPSA) is 71.1 Å². The third kappa shape index (κ3) is 9.98. The van der Waals surface area contributed by atoms with Crippen molar-refractivity contribution >= 4 is 15.2 Å². The lowest BCUT2D eigenvalue weighted by atomic mass is 9.77. The van der Waals surface area contributed by atoms with Crippen molar-refractivity contribution in [2.75, 3.05) is 26.4 Å². The van der Waals surface area contributed by atoms with E-state index in [-0.39, 0.29) is 23.2 Å². The van der Waals surface area contributed by atoms with Crippen molar-refractivity contribution in [3.63, 3.8) is 0 Å². The van der Waals surface area contributed by atoms with Crippen LogP contribution >= 0.6 is 15.2 Å². The molecule has 1 aliphatic carbocycles. The van der Waals surface area contributed by atoms with E-state index in [9.17, 15) is 9.13 Å². The summed E-state index contributed by atoms with van der Waals surface area (Å²) < 4.78 is 52.8. The minimum absolute atomic E-state index is 0.141. The van der Waals surface area contributed by atoms with Crippen molar-refractivity contribution in [3.8, 4) is 0 Å². The summed E-state index contributed by atoms with van der Waals surface area (Å²) in [6.45, 7) is 16.5. The van der Waals surface area contributed by atoms with Gasteiger partial charge in [0.1, 0.15) is 0 Å². The molecule has 8 heteroatoms. The SMILES string of the molecule is CCCCOP(=O)(OCCCC)C1CC(C(C)C)CC(P(=O)(OCCCC)OCCCC)C1C. The van der Waals surface area contributed by atoms with Crippen molar-refractivity contribution in [1.82, 2.24) is 0 Å². The average molecular weight is 525 g/mol. The van der Waals surface area contributed by atoms with Crippen LogP contribution in [0.2, 0.25) is 0 Å². The largest absolute Gasteiger partial charge is 0.334 e. The molecule has 0 radical (unpaired) electrons. The summed E-state index contributed by atoms with van der Waals surface area (Å²) in [6.07, 6.45) is 8.78. The normalized spacial score (nSPS) is 24.1. The molecular formula is C26H54O6P2. The molecule has 2 unspecified atom stereocenters. The quantitative estimate of drug-likeness (QED) is 0.124. The highest BCUT2D eigenvalue weighted by Gasteiger charge is 2.53. The van der Waals surface area contributed by atoms with Crippen LogP contribution < -0.4 is 0 Å².